The molecule has 128 valence electrons. The molecule has 0 radical (unpaired) electrons. The molecule has 0 aromatic carbocycles. The van der Waals surface area contributed by atoms with Gasteiger partial charge in [0.25, 0.3) is 5.91 Å². The summed E-state index contributed by atoms with van der Waals surface area (Å²) in [5, 5.41) is 11.2. The molecule has 3 N–H and O–H groups in total. The summed E-state index contributed by atoms with van der Waals surface area (Å²) in [4.78, 5) is 25.3. The summed E-state index contributed by atoms with van der Waals surface area (Å²) >= 11 is 1.71. The van der Waals surface area contributed by atoms with Crippen molar-refractivity contribution >= 4 is 33.7 Å². The molecule has 0 aliphatic carbocycles. The molecule has 2 heterocycles. The van der Waals surface area contributed by atoms with E-state index in [4.69, 9.17) is 5.11 Å². The highest BCUT2D eigenvalue weighted by atomic mass is 32.2. The monoisotopic (exact) mass is 361 g/mol. The summed E-state index contributed by atoms with van der Waals surface area (Å²) in [7, 11) is -3.60. The zero-order valence-corrected chi connectivity index (χ0v) is 14.2. The van der Waals surface area contributed by atoms with Crippen molar-refractivity contribution in [3.8, 4) is 0 Å². The molecule has 8 nitrogen and oxygen atoms in total. The lowest BCUT2D eigenvalue weighted by atomic mass is 10.2. The van der Waals surface area contributed by atoms with E-state index in [2.05, 4.69) is 10.3 Å². The smallest absolute Gasteiger partial charge is 0.308 e. The number of amides is 1. The number of sulfonamides is 1. The third-order valence-corrected chi connectivity index (χ3v) is 6.32. The van der Waals surface area contributed by atoms with Crippen molar-refractivity contribution in [1.29, 1.82) is 0 Å². The van der Waals surface area contributed by atoms with Crippen LogP contribution in [0, 0.1) is 5.92 Å². The highest BCUT2D eigenvalue weighted by molar-refractivity contribution is 7.99. The van der Waals surface area contributed by atoms with Crippen molar-refractivity contribution in [2.45, 2.75) is 11.8 Å². The summed E-state index contributed by atoms with van der Waals surface area (Å²) in [6.07, 6.45) is 1.28. The van der Waals surface area contributed by atoms with Gasteiger partial charge in [-0.15, -0.1) is 0 Å². The van der Waals surface area contributed by atoms with Crippen LogP contribution >= 0.6 is 11.8 Å². The standard InChI is InChI=1S/C13H19N3O5S2/c1-9(13(18)19)7-15-12(17)11-6-10(8-14-11)23(20,21)16-2-4-22-5-3-16/h6,8-9,14H,2-5,7H2,1H3,(H,15,17)(H,18,19). The number of H-pyrrole nitrogens is 1. The quantitative estimate of drug-likeness (QED) is 0.666. The third-order valence-electron chi connectivity index (χ3n) is 3.50. The van der Waals surface area contributed by atoms with Crippen LogP contribution in [0.15, 0.2) is 17.2 Å². The maximum atomic E-state index is 12.5. The van der Waals surface area contributed by atoms with Crippen LogP contribution in [0.4, 0.5) is 0 Å². The van der Waals surface area contributed by atoms with Gasteiger partial charge < -0.3 is 15.4 Å². The Morgan fingerprint density at radius 3 is 2.70 bits per heavy atom. The first-order valence-corrected chi connectivity index (χ1v) is 9.69. The van der Waals surface area contributed by atoms with E-state index >= 15 is 0 Å². The lowest BCUT2D eigenvalue weighted by molar-refractivity contribution is -0.140. The largest absolute Gasteiger partial charge is 0.481 e. The van der Waals surface area contributed by atoms with E-state index in [0.717, 1.165) is 11.5 Å². The van der Waals surface area contributed by atoms with Crippen LogP contribution in [0.2, 0.25) is 0 Å². The first-order chi connectivity index (χ1) is 10.8. The molecule has 1 aliphatic heterocycles. The lowest BCUT2D eigenvalue weighted by Gasteiger charge is -2.24. The average molecular weight is 361 g/mol. The summed E-state index contributed by atoms with van der Waals surface area (Å²) in [5.41, 5.74) is 0.0903. The van der Waals surface area contributed by atoms with Gasteiger partial charge in [-0.1, -0.05) is 6.92 Å². The van der Waals surface area contributed by atoms with Crippen molar-refractivity contribution in [3.63, 3.8) is 0 Å². The number of carboxylic acid groups (broad SMARTS) is 1. The van der Waals surface area contributed by atoms with E-state index in [1.54, 1.807) is 11.8 Å². The van der Waals surface area contributed by atoms with E-state index in [9.17, 15) is 18.0 Å². The van der Waals surface area contributed by atoms with Gasteiger partial charge in [0.15, 0.2) is 0 Å². The minimum atomic E-state index is -3.60. The fourth-order valence-electron chi connectivity index (χ4n) is 2.02. The van der Waals surface area contributed by atoms with Gasteiger partial charge in [-0.05, 0) is 6.07 Å². The summed E-state index contributed by atoms with van der Waals surface area (Å²) in [5.74, 6) is -0.756. The Labute approximate surface area is 138 Å². The van der Waals surface area contributed by atoms with Crippen LogP contribution < -0.4 is 5.32 Å². The fraction of sp³-hybridized carbons (Fsp3) is 0.538. The first-order valence-electron chi connectivity index (χ1n) is 7.09. The molecule has 0 saturated carbocycles. The van der Waals surface area contributed by atoms with Crippen LogP contribution in [0.3, 0.4) is 0 Å². The number of nitrogens with one attached hydrogen (secondary N) is 2. The van der Waals surface area contributed by atoms with Gasteiger partial charge in [0, 0.05) is 37.3 Å². The topological polar surface area (TPSA) is 120 Å². The highest BCUT2D eigenvalue weighted by Crippen LogP contribution is 2.20. The molecule has 1 aromatic heterocycles. The Morgan fingerprint density at radius 1 is 1.43 bits per heavy atom. The molecular formula is C13H19N3O5S2. The van der Waals surface area contributed by atoms with E-state index in [0.29, 0.717) is 13.1 Å². The molecule has 23 heavy (non-hydrogen) atoms. The fourth-order valence-corrected chi connectivity index (χ4v) is 4.59. The van der Waals surface area contributed by atoms with Gasteiger partial charge in [0.1, 0.15) is 10.6 Å². The number of carbonyl (C=O) groups is 2. The Kier molecular flexibility index (Phi) is 5.71. The maximum Gasteiger partial charge on any atom is 0.308 e. The van der Waals surface area contributed by atoms with Crippen LogP contribution in [0.1, 0.15) is 17.4 Å². The van der Waals surface area contributed by atoms with Crippen molar-refractivity contribution in [2.75, 3.05) is 31.1 Å². The van der Waals surface area contributed by atoms with Crippen LogP contribution in [0.25, 0.3) is 0 Å². The Balaban J connectivity index is 2.04. The van der Waals surface area contributed by atoms with Gasteiger partial charge in [0.2, 0.25) is 10.0 Å². The SMILES string of the molecule is CC(CNC(=O)c1cc(S(=O)(=O)N2CCSCC2)c[nH]1)C(=O)O. The van der Waals surface area contributed by atoms with Crippen molar-refractivity contribution < 1.29 is 23.1 Å². The molecule has 0 bridgehead atoms. The molecule has 1 aromatic rings. The van der Waals surface area contributed by atoms with E-state index in [1.165, 1.54) is 23.5 Å². The third kappa shape index (κ3) is 4.27. The number of aromatic nitrogens is 1. The molecule has 0 spiro atoms. The Bertz CT molecular complexity index is 680. The molecule has 1 unspecified atom stereocenters. The Hall–Kier alpha value is -1.52. The number of thioether (sulfide) groups is 1. The molecule has 1 atom stereocenters. The molecule has 1 fully saturated rings. The number of carbonyl (C=O) groups excluding carboxylic acids is 1. The average Bonchev–Trinajstić information content (AvgIpc) is 3.03. The summed E-state index contributed by atoms with van der Waals surface area (Å²) < 4.78 is 26.3. The Morgan fingerprint density at radius 2 is 2.09 bits per heavy atom. The minimum Gasteiger partial charge on any atom is -0.481 e. The number of aromatic amines is 1. The van der Waals surface area contributed by atoms with Crippen LogP contribution in [-0.2, 0) is 14.8 Å². The van der Waals surface area contributed by atoms with Gasteiger partial charge in [0.05, 0.1) is 5.92 Å². The minimum absolute atomic E-state index is 0.0291. The van der Waals surface area contributed by atoms with Gasteiger partial charge in [-0.3, -0.25) is 9.59 Å². The van der Waals surface area contributed by atoms with E-state index in [1.807, 2.05) is 0 Å². The van der Waals surface area contributed by atoms with E-state index < -0.39 is 27.8 Å². The van der Waals surface area contributed by atoms with E-state index in [-0.39, 0.29) is 17.1 Å². The lowest BCUT2D eigenvalue weighted by Crippen LogP contribution is -2.37. The van der Waals surface area contributed by atoms with Crippen molar-refractivity contribution in [3.05, 3.63) is 18.0 Å². The predicted molar refractivity (Wildman–Crippen MR) is 86.0 cm³/mol. The molecular weight excluding hydrogens is 342 g/mol. The second-order valence-corrected chi connectivity index (χ2v) is 8.38. The normalized spacial score (nSPS) is 17.6. The summed E-state index contributed by atoms with van der Waals surface area (Å²) in [6, 6.07) is 1.28. The maximum absolute atomic E-state index is 12.5. The second kappa shape index (κ2) is 7.37. The number of carboxylic acids is 1. The van der Waals surface area contributed by atoms with Gasteiger partial charge in [-0.25, -0.2) is 8.42 Å². The molecule has 1 saturated heterocycles. The van der Waals surface area contributed by atoms with Gasteiger partial charge >= 0.3 is 5.97 Å². The summed E-state index contributed by atoms with van der Waals surface area (Å²) in [6.45, 7) is 2.35. The molecule has 1 amide bonds. The zero-order chi connectivity index (χ0) is 17.0. The number of hydrogen-bond acceptors (Lipinski definition) is 5. The first kappa shape index (κ1) is 17.8. The number of aliphatic carboxylic acids is 1. The van der Waals surface area contributed by atoms with Crippen LogP contribution in [0.5, 0.6) is 0 Å². The number of hydrogen-bond donors (Lipinski definition) is 3. The zero-order valence-electron chi connectivity index (χ0n) is 12.6. The molecule has 10 heteroatoms. The molecule has 2 rings (SSSR count). The molecule has 1 aliphatic rings. The second-order valence-electron chi connectivity index (χ2n) is 5.21. The van der Waals surface area contributed by atoms with Crippen molar-refractivity contribution in [1.82, 2.24) is 14.6 Å². The van der Waals surface area contributed by atoms with Crippen LogP contribution in [-0.4, -0.2) is 65.8 Å². The predicted octanol–water partition coefficient (Wildman–Crippen LogP) is 0.203. The highest BCUT2D eigenvalue weighted by Gasteiger charge is 2.27. The number of nitrogens with zero attached hydrogens (tertiary/aromatic N) is 1. The number of rotatable bonds is 6. The van der Waals surface area contributed by atoms with Gasteiger partial charge in [-0.2, -0.15) is 16.1 Å². The van der Waals surface area contributed by atoms with Crippen molar-refractivity contribution in [2.24, 2.45) is 5.92 Å².